The maximum atomic E-state index is 12.0. The minimum atomic E-state index is -1.15. The van der Waals surface area contributed by atoms with Crippen molar-refractivity contribution in [1.82, 2.24) is 15.5 Å². The van der Waals surface area contributed by atoms with E-state index in [-0.39, 0.29) is 18.9 Å². The van der Waals surface area contributed by atoms with E-state index in [2.05, 4.69) is 10.6 Å². The number of carboxylic acids is 1. The summed E-state index contributed by atoms with van der Waals surface area (Å²) in [4.78, 5) is 36.3. The summed E-state index contributed by atoms with van der Waals surface area (Å²) in [7, 11) is 1.45. The van der Waals surface area contributed by atoms with E-state index in [0.717, 1.165) is 0 Å². The molecule has 0 bridgehead atoms. The highest BCUT2D eigenvalue weighted by Gasteiger charge is 2.23. The van der Waals surface area contributed by atoms with Crippen molar-refractivity contribution in [3.05, 3.63) is 0 Å². The Hall–Kier alpha value is -1.83. The smallest absolute Gasteiger partial charge is 0.326 e. The van der Waals surface area contributed by atoms with Crippen LogP contribution in [0.3, 0.4) is 0 Å². The predicted octanol–water partition coefficient (Wildman–Crippen LogP) is 0.0322. The van der Waals surface area contributed by atoms with Gasteiger partial charge >= 0.3 is 12.0 Å². The van der Waals surface area contributed by atoms with Gasteiger partial charge in [0.1, 0.15) is 12.1 Å². The Morgan fingerprint density at radius 2 is 1.76 bits per heavy atom. The van der Waals surface area contributed by atoms with Gasteiger partial charge in [-0.2, -0.15) is 0 Å². The predicted molar refractivity (Wildman–Crippen MR) is 77.0 cm³/mol. The number of carbonyl (C=O) groups is 3. The molecule has 2 atom stereocenters. The summed E-state index contributed by atoms with van der Waals surface area (Å²) in [5.41, 5.74) is 0. The van der Waals surface area contributed by atoms with E-state index in [9.17, 15) is 14.4 Å². The molecule has 0 aromatic rings. The van der Waals surface area contributed by atoms with E-state index in [1.807, 2.05) is 13.8 Å². The quantitative estimate of drug-likeness (QED) is 0.557. The number of ether oxygens (including phenoxy) is 1. The number of likely N-dealkylation sites (N-methyl/N-ethyl adjacent to an activating group) is 1. The summed E-state index contributed by atoms with van der Waals surface area (Å²) >= 11 is 0. The van der Waals surface area contributed by atoms with Crippen LogP contribution < -0.4 is 10.6 Å². The fraction of sp³-hybridized carbons (Fsp3) is 0.769. The summed E-state index contributed by atoms with van der Waals surface area (Å²) in [5, 5.41) is 13.7. The van der Waals surface area contributed by atoms with Crippen molar-refractivity contribution in [3.8, 4) is 0 Å². The molecule has 21 heavy (non-hydrogen) atoms. The van der Waals surface area contributed by atoms with E-state index in [1.165, 1.54) is 7.11 Å². The van der Waals surface area contributed by atoms with Crippen LogP contribution in [0.2, 0.25) is 0 Å². The average molecular weight is 303 g/mol. The van der Waals surface area contributed by atoms with Gasteiger partial charge < -0.3 is 25.4 Å². The molecule has 0 aromatic carbocycles. The van der Waals surface area contributed by atoms with Gasteiger partial charge in [0, 0.05) is 33.2 Å². The van der Waals surface area contributed by atoms with Crippen molar-refractivity contribution < 1.29 is 24.2 Å². The van der Waals surface area contributed by atoms with Crippen LogP contribution in [0.25, 0.3) is 0 Å². The standard InChI is InChI=1S/C13H25N3O5/c1-5-16(6-2)11(17)9(3)14-13(20)15-10(12(18)19)7-8-21-4/h9-10H,5-8H2,1-4H3,(H,18,19)(H2,14,15,20). The highest BCUT2D eigenvalue weighted by atomic mass is 16.5. The highest BCUT2D eigenvalue weighted by Crippen LogP contribution is 1.97. The zero-order valence-corrected chi connectivity index (χ0v) is 13.0. The van der Waals surface area contributed by atoms with E-state index in [1.54, 1.807) is 11.8 Å². The monoisotopic (exact) mass is 303 g/mol. The maximum absolute atomic E-state index is 12.0. The largest absolute Gasteiger partial charge is 0.480 e. The molecule has 0 fully saturated rings. The third-order valence-corrected chi connectivity index (χ3v) is 3.01. The fourth-order valence-electron chi connectivity index (χ4n) is 1.76. The fourth-order valence-corrected chi connectivity index (χ4v) is 1.76. The lowest BCUT2D eigenvalue weighted by Crippen LogP contribution is -2.53. The first-order valence-corrected chi connectivity index (χ1v) is 6.94. The van der Waals surface area contributed by atoms with Crippen molar-refractivity contribution in [1.29, 1.82) is 0 Å². The van der Waals surface area contributed by atoms with E-state index >= 15 is 0 Å². The lowest BCUT2D eigenvalue weighted by atomic mass is 10.2. The number of hydrogen-bond donors (Lipinski definition) is 3. The molecular formula is C13H25N3O5. The summed E-state index contributed by atoms with van der Waals surface area (Å²) in [6, 6.07) is -2.46. The van der Waals surface area contributed by atoms with Crippen LogP contribution in [0.15, 0.2) is 0 Å². The Morgan fingerprint density at radius 3 is 2.19 bits per heavy atom. The number of nitrogens with zero attached hydrogens (tertiary/aromatic N) is 1. The Balaban J connectivity index is 4.45. The number of aliphatic carboxylic acids is 1. The van der Waals surface area contributed by atoms with Gasteiger partial charge in [-0.1, -0.05) is 0 Å². The Morgan fingerprint density at radius 1 is 1.19 bits per heavy atom. The number of carbonyl (C=O) groups excluding carboxylic acids is 2. The van der Waals surface area contributed by atoms with Crippen molar-refractivity contribution in [2.24, 2.45) is 0 Å². The van der Waals surface area contributed by atoms with Crippen molar-refractivity contribution >= 4 is 17.9 Å². The van der Waals surface area contributed by atoms with Crippen molar-refractivity contribution in [2.45, 2.75) is 39.3 Å². The van der Waals surface area contributed by atoms with Crippen LogP contribution in [-0.2, 0) is 14.3 Å². The van der Waals surface area contributed by atoms with Gasteiger partial charge in [-0.3, -0.25) is 4.79 Å². The zero-order valence-electron chi connectivity index (χ0n) is 13.0. The molecule has 8 heteroatoms. The van der Waals surface area contributed by atoms with Crippen LogP contribution in [0.1, 0.15) is 27.2 Å². The van der Waals surface area contributed by atoms with Crippen molar-refractivity contribution in [2.75, 3.05) is 26.8 Å². The third-order valence-electron chi connectivity index (χ3n) is 3.01. The molecule has 0 heterocycles. The second kappa shape index (κ2) is 9.98. The van der Waals surface area contributed by atoms with Gasteiger partial charge in [-0.05, 0) is 20.8 Å². The summed E-state index contributed by atoms with van der Waals surface area (Å²) < 4.78 is 4.79. The molecule has 0 saturated heterocycles. The molecule has 0 rings (SSSR count). The molecule has 0 radical (unpaired) electrons. The summed E-state index contributed by atoms with van der Waals surface area (Å²) in [5.74, 6) is -1.36. The van der Waals surface area contributed by atoms with Gasteiger partial charge in [-0.25, -0.2) is 9.59 Å². The Kier molecular flexibility index (Phi) is 9.11. The van der Waals surface area contributed by atoms with Gasteiger partial charge in [0.25, 0.3) is 0 Å². The second-order valence-corrected chi connectivity index (χ2v) is 4.52. The van der Waals surface area contributed by atoms with Gasteiger partial charge in [0.05, 0.1) is 0 Å². The average Bonchev–Trinajstić information content (AvgIpc) is 2.44. The number of rotatable bonds is 9. The van der Waals surface area contributed by atoms with Crippen LogP contribution >= 0.6 is 0 Å². The van der Waals surface area contributed by atoms with Gasteiger partial charge in [0.2, 0.25) is 5.91 Å². The minimum Gasteiger partial charge on any atom is -0.480 e. The number of methoxy groups -OCH3 is 1. The van der Waals surface area contributed by atoms with E-state index in [4.69, 9.17) is 9.84 Å². The van der Waals surface area contributed by atoms with Gasteiger partial charge in [0.15, 0.2) is 0 Å². The maximum Gasteiger partial charge on any atom is 0.326 e. The molecule has 122 valence electrons. The van der Waals surface area contributed by atoms with Crippen LogP contribution in [-0.4, -0.2) is 66.8 Å². The highest BCUT2D eigenvalue weighted by molar-refractivity contribution is 5.88. The number of hydrogen-bond acceptors (Lipinski definition) is 4. The minimum absolute atomic E-state index is 0.150. The molecule has 2 unspecified atom stereocenters. The number of carboxylic acid groups (broad SMARTS) is 1. The molecule has 8 nitrogen and oxygen atoms in total. The van der Waals surface area contributed by atoms with E-state index < -0.39 is 24.1 Å². The molecule has 0 aliphatic rings. The van der Waals surface area contributed by atoms with Crippen molar-refractivity contribution in [3.63, 3.8) is 0 Å². The molecule has 0 aromatic heterocycles. The first kappa shape index (κ1) is 19.2. The summed E-state index contributed by atoms with van der Waals surface area (Å²) in [6.07, 6.45) is 0.150. The zero-order chi connectivity index (χ0) is 16.4. The topological polar surface area (TPSA) is 108 Å². The van der Waals surface area contributed by atoms with Crippen LogP contribution in [0.5, 0.6) is 0 Å². The molecule has 0 aliphatic heterocycles. The first-order chi connectivity index (χ1) is 9.87. The first-order valence-electron chi connectivity index (χ1n) is 6.94. The lowest BCUT2D eigenvalue weighted by Gasteiger charge is -2.24. The molecule has 3 amide bonds. The van der Waals surface area contributed by atoms with Crippen LogP contribution in [0, 0.1) is 0 Å². The normalized spacial score (nSPS) is 13.1. The molecule has 3 N–H and O–H groups in total. The second-order valence-electron chi connectivity index (χ2n) is 4.52. The third kappa shape index (κ3) is 6.94. The summed E-state index contributed by atoms with van der Waals surface area (Å²) in [6.45, 7) is 6.57. The number of amides is 3. The molecule has 0 saturated carbocycles. The van der Waals surface area contributed by atoms with Crippen LogP contribution in [0.4, 0.5) is 4.79 Å². The Labute approximate surface area is 124 Å². The Bertz CT molecular complexity index is 358. The molecular weight excluding hydrogens is 278 g/mol. The molecule has 0 aliphatic carbocycles. The van der Waals surface area contributed by atoms with E-state index in [0.29, 0.717) is 13.1 Å². The number of urea groups is 1. The molecule has 0 spiro atoms. The SMILES string of the molecule is CCN(CC)C(=O)C(C)NC(=O)NC(CCOC)C(=O)O. The van der Waals surface area contributed by atoms with Gasteiger partial charge in [-0.15, -0.1) is 0 Å². The number of nitrogens with one attached hydrogen (secondary N) is 2. The lowest BCUT2D eigenvalue weighted by molar-refractivity contribution is -0.139.